The summed E-state index contributed by atoms with van der Waals surface area (Å²) in [7, 11) is -1.38. The standard InChI is InChI=1S/C20H33BN6O10.3ClH/c22-12(2-1-5-26-18(23)24)15(31)27-9-11(6-19(25,10-27)16(32)33)3-4-21-36-14(30)8-20(37-21,17(34)35)7-13(28)29;;;/h11-12H,1-10,22,25H2,(H,28,29)(H,32,33)(H,34,35)(H4,23,24,26);3*1H/t11-,12?,19+,20?;;;/m0.../s1. The minimum Gasteiger partial charge on any atom is -0.509 e. The lowest BCUT2D eigenvalue weighted by Crippen LogP contribution is -2.64. The molecule has 2 saturated heterocycles. The minimum absolute atomic E-state index is 0. The molecule has 4 atom stereocenters. The predicted octanol–water partition coefficient (Wildman–Crippen LogP) is -1.60. The Kier molecular flexibility index (Phi) is 16.5. The zero-order valence-electron chi connectivity index (χ0n) is 21.4. The van der Waals surface area contributed by atoms with Gasteiger partial charge in [-0.1, -0.05) is 0 Å². The quantitative estimate of drug-likeness (QED) is 0.0549. The molecule has 2 aliphatic heterocycles. The fourth-order valence-electron chi connectivity index (χ4n) is 4.53. The van der Waals surface area contributed by atoms with Gasteiger partial charge in [0.05, 0.1) is 18.9 Å². The molecule has 40 heavy (non-hydrogen) atoms. The second-order valence-electron chi connectivity index (χ2n) is 9.47. The van der Waals surface area contributed by atoms with Gasteiger partial charge in [-0.2, -0.15) is 0 Å². The van der Waals surface area contributed by atoms with Gasteiger partial charge < -0.3 is 52.5 Å². The van der Waals surface area contributed by atoms with E-state index < -0.39 is 72.8 Å². The molecule has 0 spiro atoms. The SMILES string of the molecule is Cl.Cl.Cl.NC(N)=NCCCC(N)C(=O)N1C[C@@H](CCB2OC(=O)CC(CC(=O)O)(C(=O)O)O2)C[C@](N)(C(=O)O)C1. The van der Waals surface area contributed by atoms with Crippen LogP contribution >= 0.6 is 37.2 Å². The maximum absolute atomic E-state index is 12.9. The van der Waals surface area contributed by atoms with Crippen LogP contribution in [0.15, 0.2) is 4.99 Å². The molecular formula is C20H36BCl3N6O10. The van der Waals surface area contributed by atoms with Crippen molar-refractivity contribution in [1.29, 1.82) is 0 Å². The summed E-state index contributed by atoms with van der Waals surface area (Å²) in [5, 5.41) is 28.3. The van der Waals surface area contributed by atoms with E-state index in [9.17, 15) is 34.2 Å². The summed E-state index contributed by atoms with van der Waals surface area (Å²) in [5.74, 6) is -6.43. The lowest BCUT2D eigenvalue weighted by molar-refractivity contribution is -0.174. The predicted molar refractivity (Wildman–Crippen MR) is 148 cm³/mol. The van der Waals surface area contributed by atoms with Crippen LogP contribution in [0, 0.1) is 5.92 Å². The highest BCUT2D eigenvalue weighted by Gasteiger charge is 2.52. The second-order valence-corrected chi connectivity index (χ2v) is 9.47. The fraction of sp³-hybridized carbons (Fsp3) is 0.700. The molecule has 2 unspecified atom stereocenters. The van der Waals surface area contributed by atoms with Crippen molar-refractivity contribution in [3.8, 4) is 0 Å². The molecule has 2 heterocycles. The van der Waals surface area contributed by atoms with Crippen molar-refractivity contribution in [2.24, 2.45) is 33.8 Å². The Morgan fingerprint density at radius 1 is 1.12 bits per heavy atom. The number of rotatable bonds is 12. The highest BCUT2D eigenvalue weighted by molar-refractivity contribution is 6.48. The van der Waals surface area contributed by atoms with Gasteiger partial charge in [-0.05, 0) is 37.9 Å². The van der Waals surface area contributed by atoms with Crippen molar-refractivity contribution in [1.82, 2.24) is 4.90 Å². The molecule has 2 fully saturated rings. The van der Waals surface area contributed by atoms with Crippen LogP contribution in [0.1, 0.15) is 38.5 Å². The zero-order chi connectivity index (χ0) is 28.0. The van der Waals surface area contributed by atoms with Gasteiger partial charge in [0.25, 0.3) is 5.97 Å². The Hall–Kier alpha value is -2.57. The van der Waals surface area contributed by atoms with E-state index in [1.807, 2.05) is 0 Å². The first-order valence-electron chi connectivity index (χ1n) is 11.6. The van der Waals surface area contributed by atoms with Gasteiger partial charge in [-0.25, -0.2) is 4.79 Å². The molecule has 0 aliphatic carbocycles. The van der Waals surface area contributed by atoms with Gasteiger partial charge in [0.15, 0.2) is 11.6 Å². The second kappa shape index (κ2) is 16.6. The Balaban J connectivity index is 0. The lowest BCUT2D eigenvalue weighted by Gasteiger charge is -2.43. The van der Waals surface area contributed by atoms with E-state index in [0.717, 1.165) is 0 Å². The molecule has 230 valence electrons. The number of carbonyl (C=O) groups is 5. The highest BCUT2D eigenvalue weighted by atomic mass is 35.5. The topological polar surface area (TPSA) is 284 Å². The molecule has 0 bridgehead atoms. The van der Waals surface area contributed by atoms with Gasteiger partial charge in [-0.15, -0.1) is 37.2 Å². The van der Waals surface area contributed by atoms with Crippen LogP contribution in [0.3, 0.4) is 0 Å². The largest absolute Gasteiger partial charge is 0.528 e. The molecule has 11 N–H and O–H groups in total. The van der Waals surface area contributed by atoms with Crippen molar-refractivity contribution < 1.29 is 48.6 Å². The summed E-state index contributed by atoms with van der Waals surface area (Å²) >= 11 is 0. The Labute approximate surface area is 248 Å². The first-order valence-corrected chi connectivity index (χ1v) is 11.6. The number of aliphatic carboxylic acids is 3. The molecular weight excluding hydrogens is 601 g/mol. The number of carboxylic acids is 3. The van der Waals surface area contributed by atoms with E-state index in [-0.39, 0.29) is 88.4 Å². The van der Waals surface area contributed by atoms with Gasteiger partial charge >= 0.3 is 25.0 Å². The highest BCUT2D eigenvalue weighted by Crippen LogP contribution is 2.33. The maximum atomic E-state index is 12.9. The number of amides is 1. The van der Waals surface area contributed by atoms with Crippen LogP contribution in [-0.4, -0.2) is 99.9 Å². The smallest absolute Gasteiger partial charge is 0.509 e. The van der Waals surface area contributed by atoms with Crippen molar-refractivity contribution in [3.05, 3.63) is 0 Å². The van der Waals surface area contributed by atoms with Crippen LogP contribution in [0.2, 0.25) is 6.32 Å². The van der Waals surface area contributed by atoms with Crippen molar-refractivity contribution >= 4 is 80.1 Å². The number of nitrogens with two attached hydrogens (primary N) is 4. The van der Waals surface area contributed by atoms with E-state index in [1.165, 1.54) is 4.90 Å². The third kappa shape index (κ3) is 10.8. The number of carbonyl (C=O) groups excluding carboxylic acids is 2. The Morgan fingerprint density at radius 2 is 1.75 bits per heavy atom. The monoisotopic (exact) mass is 636 g/mol. The first-order chi connectivity index (χ1) is 17.2. The molecule has 0 aromatic rings. The molecule has 2 aliphatic rings. The zero-order valence-corrected chi connectivity index (χ0v) is 23.9. The number of piperidine rings is 1. The van der Waals surface area contributed by atoms with Gasteiger partial charge in [0.1, 0.15) is 5.54 Å². The number of carboxylic acid groups (broad SMARTS) is 3. The lowest BCUT2D eigenvalue weighted by atomic mass is 9.72. The molecule has 0 aromatic carbocycles. The average molecular weight is 638 g/mol. The molecule has 20 heteroatoms. The molecule has 1 amide bonds. The summed E-state index contributed by atoms with van der Waals surface area (Å²) in [5.41, 5.74) is 18.6. The van der Waals surface area contributed by atoms with Crippen LogP contribution in [0.4, 0.5) is 0 Å². The summed E-state index contributed by atoms with van der Waals surface area (Å²) in [4.78, 5) is 64.9. The number of likely N-dealkylation sites (tertiary alicyclic amines) is 1. The number of aliphatic imine (C=N–C) groups is 1. The molecule has 2 rings (SSSR count). The summed E-state index contributed by atoms with van der Waals surface area (Å²) in [6.07, 6.45) is -1.03. The Morgan fingerprint density at radius 3 is 2.27 bits per heavy atom. The molecule has 0 aromatic heterocycles. The van der Waals surface area contributed by atoms with Crippen LogP contribution in [-0.2, 0) is 33.3 Å². The summed E-state index contributed by atoms with van der Waals surface area (Å²) < 4.78 is 10.4. The van der Waals surface area contributed by atoms with E-state index >= 15 is 0 Å². The van der Waals surface area contributed by atoms with E-state index in [2.05, 4.69) is 4.99 Å². The van der Waals surface area contributed by atoms with Crippen LogP contribution < -0.4 is 22.9 Å². The number of halogens is 3. The average Bonchev–Trinajstić information content (AvgIpc) is 2.78. The third-order valence-corrected chi connectivity index (χ3v) is 6.31. The number of hydrogen-bond acceptors (Lipinski definition) is 10. The number of guanidine groups is 1. The summed E-state index contributed by atoms with van der Waals surface area (Å²) in [6, 6.07) is -0.944. The van der Waals surface area contributed by atoms with Crippen molar-refractivity contribution in [3.63, 3.8) is 0 Å². The minimum atomic E-state index is -2.29. The van der Waals surface area contributed by atoms with E-state index in [4.69, 9.17) is 37.3 Å². The fourth-order valence-corrected chi connectivity index (χ4v) is 4.53. The normalized spacial score (nSPS) is 24.6. The van der Waals surface area contributed by atoms with Gasteiger partial charge in [-0.3, -0.25) is 24.2 Å². The third-order valence-electron chi connectivity index (χ3n) is 6.31. The summed E-state index contributed by atoms with van der Waals surface area (Å²) in [6.45, 7) is 0.100. The van der Waals surface area contributed by atoms with E-state index in [1.54, 1.807) is 0 Å². The first kappa shape index (κ1) is 39.6. The molecule has 16 nitrogen and oxygen atoms in total. The van der Waals surface area contributed by atoms with Crippen LogP contribution in [0.5, 0.6) is 0 Å². The van der Waals surface area contributed by atoms with Crippen molar-refractivity contribution in [2.45, 2.75) is 62.0 Å². The van der Waals surface area contributed by atoms with Crippen LogP contribution in [0.25, 0.3) is 0 Å². The Bertz CT molecular complexity index is 958. The number of nitrogens with zero attached hydrogens (tertiary/aromatic N) is 2. The van der Waals surface area contributed by atoms with Crippen molar-refractivity contribution in [2.75, 3.05) is 19.6 Å². The van der Waals surface area contributed by atoms with E-state index in [0.29, 0.717) is 6.42 Å². The maximum Gasteiger partial charge on any atom is 0.528 e. The number of hydrogen-bond donors (Lipinski definition) is 7. The molecule has 0 radical (unpaired) electrons. The van der Waals surface area contributed by atoms with Gasteiger partial charge in [0.2, 0.25) is 5.91 Å². The molecule has 0 saturated carbocycles. The van der Waals surface area contributed by atoms with Gasteiger partial charge in [0, 0.05) is 19.6 Å².